The van der Waals surface area contributed by atoms with Crippen LogP contribution in [0.25, 0.3) is 0 Å². The lowest BCUT2D eigenvalue weighted by atomic mass is 10.0. The molecule has 0 spiro atoms. The molecule has 1 heteroatoms. The Morgan fingerprint density at radius 2 is 1.56 bits per heavy atom. The molecule has 0 saturated carbocycles. The molecule has 0 aliphatic rings. The average Bonchev–Trinajstić information content (AvgIpc) is 2.30. The molecule has 92 valence electrons. The summed E-state index contributed by atoms with van der Waals surface area (Å²) in [6.07, 6.45) is 15.9. The summed E-state index contributed by atoms with van der Waals surface area (Å²) in [5.74, 6) is 0. The van der Waals surface area contributed by atoms with Gasteiger partial charge in [0.25, 0.3) is 0 Å². The van der Waals surface area contributed by atoms with Gasteiger partial charge in [-0.1, -0.05) is 70.1 Å². The van der Waals surface area contributed by atoms with Crippen molar-refractivity contribution in [1.29, 1.82) is 0 Å². The minimum atomic E-state index is 0.804. The van der Waals surface area contributed by atoms with Crippen LogP contribution in [0.4, 0.5) is 0 Å². The number of hydrogen-bond donors (Lipinski definition) is 0. The normalized spacial score (nSPS) is 10.8. The van der Waals surface area contributed by atoms with E-state index in [1.54, 1.807) is 0 Å². The van der Waals surface area contributed by atoms with Crippen molar-refractivity contribution in [2.24, 2.45) is 0 Å². The third-order valence-electron chi connectivity index (χ3n) is 2.76. The van der Waals surface area contributed by atoms with Crippen LogP contribution < -0.4 is 0 Å². The first-order chi connectivity index (χ1) is 7.81. The van der Waals surface area contributed by atoms with Crippen LogP contribution in [0.1, 0.15) is 64.7 Å². The lowest BCUT2D eigenvalue weighted by Crippen LogP contribution is -1.82. The average molecular weight is 222 g/mol. The van der Waals surface area contributed by atoms with E-state index in [-0.39, 0.29) is 0 Å². The highest BCUT2D eigenvalue weighted by Gasteiger charge is 1.92. The summed E-state index contributed by atoms with van der Waals surface area (Å²) < 4.78 is 0. The lowest BCUT2D eigenvalue weighted by molar-refractivity contribution is -0.104. The molecular weight excluding hydrogens is 196 g/mol. The van der Waals surface area contributed by atoms with E-state index in [4.69, 9.17) is 0 Å². The Morgan fingerprint density at radius 1 is 1.00 bits per heavy atom. The molecule has 0 fully saturated rings. The van der Waals surface area contributed by atoms with Gasteiger partial charge >= 0.3 is 0 Å². The number of hydrogen-bond acceptors (Lipinski definition) is 1. The molecule has 0 atom stereocenters. The first-order valence-electron chi connectivity index (χ1n) is 6.61. The molecule has 0 aliphatic carbocycles. The Bertz CT molecular complexity index is 203. The van der Waals surface area contributed by atoms with E-state index < -0.39 is 0 Å². The highest BCUT2D eigenvalue weighted by Crippen LogP contribution is 2.12. The van der Waals surface area contributed by atoms with E-state index in [1.807, 2.05) is 6.08 Å². The SMILES string of the molecule is C=C(/C=C\C=O)CCCCCCCCCC. The summed E-state index contributed by atoms with van der Waals surface area (Å²) >= 11 is 0. The Morgan fingerprint density at radius 3 is 2.12 bits per heavy atom. The summed E-state index contributed by atoms with van der Waals surface area (Å²) in [6, 6.07) is 0. The fourth-order valence-electron chi connectivity index (χ4n) is 1.74. The molecule has 16 heavy (non-hydrogen) atoms. The van der Waals surface area contributed by atoms with Crippen molar-refractivity contribution in [3.8, 4) is 0 Å². The molecular formula is C15H26O. The summed E-state index contributed by atoms with van der Waals surface area (Å²) in [7, 11) is 0. The molecule has 0 aliphatic heterocycles. The Hall–Kier alpha value is -0.850. The van der Waals surface area contributed by atoms with Crippen LogP contribution in [0.15, 0.2) is 24.3 Å². The van der Waals surface area contributed by atoms with E-state index in [0.29, 0.717) is 0 Å². The van der Waals surface area contributed by atoms with Gasteiger partial charge in [0.05, 0.1) is 0 Å². The topological polar surface area (TPSA) is 17.1 Å². The van der Waals surface area contributed by atoms with Crippen LogP contribution in [-0.2, 0) is 4.79 Å². The smallest absolute Gasteiger partial charge is 0.142 e. The number of carbonyl (C=O) groups excluding carboxylic acids is 1. The van der Waals surface area contributed by atoms with Gasteiger partial charge in [0.1, 0.15) is 6.29 Å². The van der Waals surface area contributed by atoms with Gasteiger partial charge in [0.15, 0.2) is 0 Å². The fourth-order valence-corrected chi connectivity index (χ4v) is 1.74. The van der Waals surface area contributed by atoms with Crippen LogP contribution in [0.5, 0.6) is 0 Å². The standard InChI is InChI=1S/C15H26O/c1-3-4-5-6-7-8-9-10-12-15(2)13-11-14-16/h11,13-14H,2-10,12H2,1H3/b13-11-. The van der Waals surface area contributed by atoms with Crippen molar-refractivity contribution in [2.45, 2.75) is 64.7 Å². The first kappa shape index (κ1) is 15.2. The van der Waals surface area contributed by atoms with Crippen molar-refractivity contribution in [3.05, 3.63) is 24.3 Å². The fraction of sp³-hybridized carbons (Fsp3) is 0.667. The van der Waals surface area contributed by atoms with Gasteiger partial charge in [-0.25, -0.2) is 0 Å². The van der Waals surface area contributed by atoms with Gasteiger partial charge in [-0.15, -0.1) is 0 Å². The van der Waals surface area contributed by atoms with Crippen LogP contribution in [0.2, 0.25) is 0 Å². The van der Waals surface area contributed by atoms with Crippen LogP contribution in [-0.4, -0.2) is 6.29 Å². The Labute approximate surface area is 101 Å². The zero-order valence-corrected chi connectivity index (χ0v) is 10.7. The molecule has 0 radical (unpaired) electrons. The van der Waals surface area contributed by atoms with Gasteiger partial charge in [-0.05, 0) is 18.9 Å². The Balaban J connectivity index is 3.17. The largest absolute Gasteiger partial charge is 0.299 e. The number of carbonyl (C=O) groups is 1. The molecule has 0 aromatic rings. The van der Waals surface area contributed by atoms with E-state index in [0.717, 1.165) is 18.3 Å². The zero-order valence-electron chi connectivity index (χ0n) is 10.7. The molecule has 0 saturated heterocycles. The van der Waals surface area contributed by atoms with Crippen molar-refractivity contribution in [3.63, 3.8) is 0 Å². The number of allylic oxidation sites excluding steroid dienone is 3. The van der Waals surface area contributed by atoms with Gasteiger partial charge in [0, 0.05) is 0 Å². The van der Waals surface area contributed by atoms with Crippen LogP contribution >= 0.6 is 0 Å². The van der Waals surface area contributed by atoms with Crippen LogP contribution in [0, 0.1) is 0 Å². The van der Waals surface area contributed by atoms with Gasteiger partial charge in [-0.2, -0.15) is 0 Å². The maximum Gasteiger partial charge on any atom is 0.142 e. The monoisotopic (exact) mass is 222 g/mol. The molecule has 0 rings (SSSR count). The minimum Gasteiger partial charge on any atom is -0.299 e. The maximum atomic E-state index is 10.1. The molecule has 0 amide bonds. The second-order valence-electron chi connectivity index (χ2n) is 4.38. The van der Waals surface area contributed by atoms with Gasteiger partial charge < -0.3 is 0 Å². The Kier molecular flexibility index (Phi) is 11.6. The highest BCUT2D eigenvalue weighted by molar-refractivity contribution is 5.65. The minimum absolute atomic E-state index is 0.804. The molecule has 0 N–H and O–H groups in total. The van der Waals surface area contributed by atoms with E-state index in [2.05, 4.69) is 13.5 Å². The third kappa shape index (κ3) is 11.2. The lowest BCUT2D eigenvalue weighted by Gasteiger charge is -2.01. The second kappa shape index (κ2) is 12.2. The summed E-state index contributed by atoms with van der Waals surface area (Å²) in [5, 5.41) is 0. The summed E-state index contributed by atoms with van der Waals surface area (Å²) in [4.78, 5) is 10.1. The second-order valence-corrected chi connectivity index (χ2v) is 4.38. The zero-order chi connectivity index (χ0) is 12.1. The maximum absolute atomic E-state index is 10.1. The van der Waals surface area contributed by atoms with E-state index in [1.165, 1.54) is 57.4 Å². The highest BCUT2D eigenvalue weighted by atomic mass is 16.1. The van der Waals surface area contributed by atoms with Crippen molar-refractivity contribution < 1.29 is 4.79 Å². The molecule has 0 bridgehead atoms. The van der Waals surface area contributed by atoms with Crippen molar-refractivity contribution >= 4 is 6.29 Å². The molecule has 0 unspecified atom stereocenters. The predicted octanol–water partition coefficient (Wildman–Crippen LogP) is 4.83. The first-order valence-corrected chi connectivity index (χ1v) is 6.61. The van der Waals surface area contributed by atoms with Crippen LogP contribution in [0.3, 0.4) is 0 Å². The number of rotatable bonds is 11. The molecule has 1 nitrogen and oxygen atoms in total. The van der Waals surface area contributed by atoms with E-state index in [9.17, 15) is 4.79 Å². The molecule has 0 aromatic carbocycles. The summed E-state index contributed by atoms with van der Waals surface area (Å²) in [5.41, 5.74) is 1.07. The molecule has 0 aromatic heterocycles. The number of unbranched alkanes of at least 4 members (excludes halogenated alkanes) is 7. The van der Waals surface area contributed by atoms with Gasteiger partial charge in [-0.3, -0.25) is 4.79 Å². The third-order valence-corrected chi connectivity index (χ3v) is 2.76. The quantitative estimate of drug-likeness (QED) is 0.212. The predicted molar refractivity (Wildman–Crippen MR) is 71.6 cm³/mol. The van der Waals surface area contributed by atoms with Crippen molar-refractivity contribution in [2.75, 3.05) is 0 Å². The van der Waals surface area contributed by atoms with Crippen molar-refractivity contribution in [1.82, 2.24) is 0 Å². The van der Waals surface area contributed by atoms with Gasteiger partial charge in [0.2, 0.25) is 0 Å². The molecule has 0 heterocycles. The number of aldehydes is 1. The van der Waals surface area contributed by atoms with E-state index >= 15 is 0 Å². The summed E-state index contributed by atoms with van der Waals surface area (Å²) in [6.45, 7) is 6.15.